The SMILES string of the molecule is CCC(Br)c1nnc(CC(C)(C)OC)o1. The summed E-state index contributed by atoms with van der Waals surface area (Å²) < 4.78 is 10.8. The molecule has 86 valence electrons. The van der Waals surface area contributed by atoms with Gasteiger partial charge in [-0.25, -0.2) is 0 Å². The Morgan fingerprint density at radius 1 is 1.47 bits per heavy atom. The van der Waals surface area contributed by atoms with E-state index in [-0.39, 0.29) is 10.4 Å². The Bertz CT molecular complexity index is 312. The van der Waals surface area contributed by atoms with E-state index < -0.39 is 0 Å². The van der Waals surface area contributed by atoms with E-state index >= 15 is 0 Å². The van der Waals surface area contributed by atoms with Gasteiger partial charge in [-0.05, 0) is 20.3 Å². The first-order chi connectivity index (χ1) is 6.98. The van der Waals surface area contributed by atoms with Crippen LogP contribution in [0.4, 0.5) is 0 Å². The van der Waals surface area contributed by atoms with Crippen molar-refractivity contribution in [2.45, 2.75) is 44.0 Å². The lowest BCUT2D eigenvalue weighted by Crippen LogP contribution is -2.25. The highest BCUT2D eigenvalue weighted by atomic mass is 79.9. The lowest BCUT2D eigenvalue weighted by Gasteiger charge is -2.20. The highest BCUT2D eigenvalue weighted by Crippen LogP contribution is 2.25. The molecule has 0 bridgehead atoms. The molecular formula is C10H17BrN2O2. The van der Waals surface area contributed by atoms with Gasteiger partial charge in [0.2, 0.25) is 11.8 Å². The number of rotatable bonds is 5. The second kappa shape index (κ2) is 5.07. The van der Waals surface area contributed by atoms with Gasteiger partial charge in [-0.15, -0.1) is 10.2 Å². The Balaban J connectivity index is 2.68. The Morgan fingerprint density at radius 3 is 2.67 bits per heavy atom. The van der Waals surface area contributed by atoms with Gasteiger partial charge in [0, 0.05) is 7.11 Å². The molecule has 0 fully saturated rings. The number of methoxy groups -OCH3 is 1. The number of aromatic nitrogens is 2. The van der Waals surface area contributed by atoms with Crippen LogP contribution in [0.15, 0.2) is 4.42 Å². The molecule has 0 aliphatic heterocycles. The van der Waals surface area contributed by atoms with Crippen LogP contribution in [0.1, 0.15) is 43.8 Å². The van der Waals surface area contributed by atoms with Crippen LogP contribution in [0.2, 0.25) is 0 Å². The van der Waals surface area contributed by atoms with Crippen LogP contribution >= 0.6 is 15.9 Å². The number of nitrogens with zero attached hydrogens (tertiary/aromatic N) is 2. The smallest absolute Gasteiger partial charge is 0.230 e. The maximum atomic E-state index is 5.52. The van der Waals surface area contributed by atoms with Gasteiger partial charge >= 0.3 is 0 Å². The zero-order valence-corrected chi connectivity index (χ0v) is 11.2. The summed E-state index contributed by atoms with van der Waals surface area (Å²) in [4.78, 5) is 0.143. The molecule has 0 saturated heterocycles. The third-order valence-electron chi connectivity index (χ3n) is 2.24. The number of alkyl halides is 1. The van der Waals surface area contributed by atoms with Gasteiger partial charge in [-0.2, -0.15) is 0 Å². The zero-order chi connectivity index (χ0) is 11.5. The minimum atomic E-state index is -0.266. The van der Waals surface area contributed by atoms with Crippen LogP contribution in [0.5, 0.6) is 0 Å². The van der Waals surface area contributed by atoms with Gasteiger partial charge in [-0.1, -0.05) is 22.9 Å². The Kier molecular flexibility index (Phi) is 4.28. The molecule has 1 unspecified atom stereocenters. The summed E-state index contributed by atoms with van der Waals surface area (Å²) >= 11 is 3.47. The van der Waals surface area contributed by atoms with Gasteiger partial charge in [0.15, 0.2) is 0 Å². The third kappa shape index (κ3) is 3.57. The molecule has 4 nitrogen and oxygen atoms in total. The number of ether oxygens (including phenoxy) is 1. The van der Waals surface area contributed by atoms with Crippen LogP contribution in [-0.2, 0) is 11.2 Å². The normalized spacial score (nSPS) is 14.2. The van der Waals surface area contributed by atoms with Crippen LogP contribution in [0.25, 0.3) is 0 Å². The molecule has 0 N–H and O–H groups in total. The molecule has 15 heavy (non-hydrogen) atoms. The first kappa shape index (κ1) is 12.6. The van der Waals surface area contributed by atoms with E-state index in [0.29, 0.717) is 18.2 Å². The first-order valence-corrected chi connectivity index (χ1v) is 5.91. The van der Waals surface area contributed by atoms with Gasteiger partial charge < -0.3 is 9.15 Å². The van der Waals surface area contributed by atoms with Crippen molar-refractivity contribution < 1.29 is 9.15 Å². The fourth-order valence-corrected chi connectivity index (χ4v) is 1.26. The second-order valence-corrected chi connectivity index (χ2v) is 5.16. The fourth-order valence-electron chi connectivity index (χ4n) is 1.08. The summed E-state index contributed by atoms with van der Waals surface area (Å²) in [5, 5.41) is 7.98. The van der Waals surface area contributed by atoms with E-state index in [4.69, 9.17) is 9.15 Å². The van der Waals surface area contributed by atoms with Crippen molar-refractivity contribution in [3.63, 3.8) is 0 Å². The fraction of sp³-hybridized carbons (Fsp3) is 0.800. The minimum absolute atomic E-state index is 0.143. The molecule has 0 radical (unpaired) electrons. The summed E-state index contributed by atoms with van der Waals surface area (Å²) in [7, 11) is 1.68. The van der Waals surface area contributed by atoms with E-state index in [2.05, 4.69) is 33.1 Å². The summed E-state index contributed by atoms with van der Waals surface area (Å²) in [5.41, 5.74) is -0.266. The standard InChI is InChI=1S/C10H17BrN2O2/c1-5-7(11)9-13-12-8(15-9)6-10(2,3)14-4/h7H,5-6H2,1-4H3. The third-order valence-corrected chi connectivity index (χ3v) is 3.28. The van der Waals surface area contributed by atoms with Crippen molar-refractivity contribution in [3.8, 4) is 0 Å². The maximum absolute atomic E-state index is 5.52. The number of hydrogen-bond acceptors (Lipinski definition) is 4. The molecule has 0 saturated carbocycles. The molecule has 1 atom stereocenters. The van der Waals surface area contributed by atoms with E-state index in [0.717, 1.165) is 6.42 Å². The molecule has 0 spiro atoms. The van der Waals surface area contributed by atoms with E-state index in [1.807, 2.05) is 13.8 Å². The van der Waals surface area contributed by atoms with Crippen molar-refractivity contribution in [3.05, 3.63) is 11.8 Å². The van der Waals surface area contributed by atoms with Gasteiger partial charge in [0.1, 0.15) is 0 Å². The molecule has 1 aromatic heterocycles. The van der Waals surface area contributed by atoms with E-state index in [1.165, 1.54) is 0 Å². The molecule has 0 aliphatic carbocycles. The maximum Gasteiger partial charge on any atom is 0.230 e. The molecule has 0 aliphatic rings. The quantitative estimate of drug-likeness (QED) is 0.776. The number of hydrogen-bond donors (Lipinski definition) is 0. The highest BCUT2D eigenvalue weighted by molar-refractivity contribution is 9.09. The van der Waals surface area contributed by atoms with Crippen LogP contribution in [0.3, 0.4) is 0 Å². The lowest BCUT2D eigenvalue weighted by atomic mass is 10.1. The summed E-state index contributed by atoms with van der Waals surface area (Å²) in [6.45, 7) is 6.03. The van der Waals surface area contributed by atoms with Crippen molar-refractivity contribution >= 4 is 15.9 Å². The van der Waals surface area contributed by atoms with Crippen molar-refractivity contribution in [1.82, 2.24) is 10.2 Å². The largest absolute Gasteiger partial charge is 0.424 e. The van der Waals surface area contributed by atoms with Crippen molar-refractivity contribution in [2.75, 3.05) is 7.11 Å². The number of halogens is 1. The second-order valence-electron chi connectivity index (χ2n) is 4.05. The van der Waals surface area contributed by atoms with Crippen molar-refractivity contribution in [1.29, 1.82) is 0 Å². The first-order valence-electron chi connectivity index (χ1n) is 5.00. The van der Waals surface area contributed by atoms with Crippen LogP contribution < -0.4 is 0 Å². The molecule has 5 heteroatoms. The predicted molar refractivity (Wildman–Crippen MR) is 61.0 cm³/mol. The van der Waals surface area contributed by atoms with Gasteiger partial charge in [-0.3, -0.25) is 0 Å². The average molecular weight is 277 g/mol. The average Bonchev–Trinajstić information content (AvgIpc) is 2.64. The van der Waals surface area contributed by atoms with Crippen LogP contribution in [-0.4, -0.2) is 22.9 Å². The Hall–Kier alpha value is -0.420. The Labute approximate surface area is 98.5 Å². The van der Waals surface area contributed by atoms with E-state index in [9.17, 15) is 0 Å². The van der Waals surface area contributed by atoms with E-state index in [1.54, 1.807) is 7.11 Å². The zero-order valence-electron chi connectivity index (χ0n) is 9.58. The molecule has 0 amide bonds. The minimum Gasteiger partial charge on any atom is -0.424 e. The summed E-state index contributed by atoms with van der Waals surface area (Å²) in [6.07, 6.45) is 1.55. The van der Waals surface area contributed by atoms with Crippen molar-refractivity contribution in [2.24, 2.45) is 0 Å². The molecule has 0 aromatic carbocycles. The highest BCUT2D eigenvalue weighted by Gasteiger charge is 2.22. The molecule has 1 heterocycles. The van der Waals surface area contributed by atoms with Gasteiger partial charge in [0.25, 0.3) is 0 Å². The summed E-state index contributed by atoms with van der Waals surface area (Å²) in [5.74, 6) is 1.26. The topological polar surface area (TPSA) is 48.2 Å². The Morgan fingerprint density at radius 2 is 2.13 bits per heavy atom. The van der Waals surface area contributed by atoms with Gasteiger partial charge in [0.05, 0.1) is 16.8 Å². The molecule has 1 rings (SSSR count). The molecular weight excluding hydrogens is 260 g/mol. The monoisotopic (exact) mass is 276 g/mol. The van der Waals surface area contributed by atoms with Crippen LogP contribution in [0, 0.1) is 0 Å². The predicted octanol–water partition coefficient (Wildman–Crippen LogP) is 2.88. The lowest BCUT2D eigenvalue weighted by molar-refractivity contribution is 0.0179. The molecule has 1 aromatic rings. The summed E-state index contributed by atoms with van der Waals surface area (Å²) in [6, 6.07) is 0.